The number of amides is 2. The van der Waals surface area contributed by atoms with Crippen LogP contribution < -0.4 is 59.5 Å². The number of nitrogens with zero attached hydrogens (tertiary/aromatic N) is 8. The minimum Gasteiger partial charge on any atom is -0.496 e. The molecule has 0 radical (unpaired) electrons. The Balaban J connectivity index is 0.000000196. The van der Waals surface area contributed by atoms with Crippen molar-refractivity contribution in [1.82, 2.24) is 29.9 Å². The number of anilines is 8. The van der Waals surface area contributed by atoms with E-state index in [0.717, 1.165) is 40.3 Å². The van der Waals surface area contributed by atoms with E-state index in [1.807, 2.05) is 40.1 Å². The Morgan fingerprint density at radius 1 is 0.519 bits per heavy atom. The second-order valence-electron chi connectivity index (χ2n) is 18.3. The standard InChI is InChI=1S/C28H30N6O6S.C27H28N6O6S/c1-37-20-10-8-17(13-22(20)39-3)30-24-23-26(41-15-29-23)33-28(32-24)34-11-5-6-16(14-34)25(35)31-18-7-9-19(27(36)40-4)21(12-18)38-2;1-37-19-9-7-16(12-21(19)39-3)29-23-22-25(40-14-28-22)32-27(31-23)33-10-4-5-15(13-33)24(34)30-17-6-8-18(26(35)36)20(11-17)38-2/h7-10,12-13,15-16H,5-6,11,14H2,1-4H3,(H,31,35)(H,30,32,33);6-9,11-12,14-15H,4-5,10,13H2,1-3H3,(H,30,34)(H,35,36)(H,29,31,32). The molecule has 24 nitrogen and oxygen atoms in total. The number of carboxylic acids is 1. The number of aromatic carboxylic acids is 1. The zero-order valence-electron chi connectivity index (χ0n) is 45.2. The summed E-state index contributed by atoms with van der Waals surface area (Å²) in [5.41, 5.74) is 7.56. The molecule has 0 aliphatic carbocycles. The van der Waals surface area contributed by atoms with Crippen LogP contribution >= 0.6 is 22.7 Å². The molecule has 2 unspecified atom stereocenters. The molecule has 4 aromatic heterocycles. The summed E-state index contributed by atoms with van der Waals surface area (Å²) >= 11 is 2.84. The van der Waals surface area contributed by atoms with E-state index < -0.39 is 11.9 Å². The summed E-state index contributed by atoms with van der Waals surface area (Å²) in [5.74, 6) is 2.50. The van der Waals surface area contributed by atoms with Crippen LogP contribution in [0.1, 0.15) is 46.4 Å². The van der Waals surface area contributed by atoms with Gasteiger partial charge in [-0.1, -0.05) is 0 Å². The van der Waals surface area contributed by atoms with Gasteiger partial charge < -0.3 is 69.3 Å². The fraction of sp³-hybridized carbons (Fsp3) is 0.309. The molecule has 2 atom stereocenters. The van der Waals surface area contributed by atoms with Crippen LogP contribution in [-0.2, 0) is 14.3 Å². The first kappa shape index (κ1) is 56.4. The summed E-state index contributed by atoms with van der Waals surface area (Å²) in [6.07, 6.45) is 3.00. The van der Waals surface area contributed by atoms with E-state index >= 15 is 0 Å². The third-order valence-corrected chi connectivity index (χ3v) is 14.8. The van der Waals surface area contributed by atoms with Gasteiger partial charge in [0.2, 0.25) is 23.7 Å². The van der Waals surface area contributed by atoms with Gasteiger partial charge in [-0.2, -0.15) is 19.9 Å². The first-order valence-electron chi connectivity index (χ1n) is 25.3. The van der Waals surface area contributed by atoms with Crippen LogP contribution in [0.3, 0.4) is 0 Å². The third kappa shape index (κ3) is 12.9. The highest BCUT2D eigenvalue weighted by Gasteiger charge is 2.31. The normalized spacial score (nSPS) is 14.9. The lowest BCUT2D eigenvalue weighted by Gasteiger charge is -2.32. The highest BCUT2D eigenvalue weighted by molar-refractivity contribution is 7.16. The van der Waals surface area contributed by atoms with Crippen molar-refractivity contribution < 1.29 is 57.4 Å². The minimum atomic E-state index is -1.10. The highest BCUT2D eigenvalue weighted by Crippen LogP contribution is 2.37. The maximum absolute atomic E-state index is 13.3. The molecule has 0 saturated carbocycles. The number of esters is 1. The third-order valence-electron chi connectivity index (χ3n) is 13.4. The number of aromatic nitrogens is 6. The van der Waals surface area contributed by atoms with E-state index in [0.29, 0.717) is 107 Å². The number of ether oxygens (including phenoxy) is 7. The Labute approximate surface area is 472 Å². The Kier molecular flexibility index (Phi) is 17.9. The molecular formula is C55H58N12O12S2. The van der Waals surface area contributed by atoms with Crippen LogP contribution in [-0.4, -0.2) is 135 Å². The van der Waals surface area contributed by atoms with E-state index in [2.05, 4.69) is 31.2 Å². The largest absolute Gasteiger partial charge is 0.496 e. The fourth-order valence-corrected chi connectivity index (χ4v) is 10.6. The second kappa shape index (κ2) is 25.7. The number of fused-ring (bicyclic) bond motifs is 2. The summed E-state index contributed by atoms with van der Waals surface area (Å²) in [4.78, 5) is 83.2. The van der Waals surface area contributed by atoms with Crippen molar-refractivity contribution >= 4 is 113 Å². The van der Waals surface area contributed by atoms with Crippen molar-refractivity contribution in [2.45, 2.75) is 25.7 Å². The predicted octanol–water partition coefficient (Wildman–Crippen LogP) is 8.91. The molecule has 422 valence electrons. The number of hydrogen-bond donors (Lipinski definition) is 5. The van der Waals surface area contributed by atoms with Gasteiger partial charge in [-0.3, -0.25) is 9.59 Å². The van der Waals surface area contributed by atoms with Gasteiger partial charge in [0.05, 0.1) is 72.6 Å². The second-order valence-corrected chi connectivity index (χ2v) is 20.0. The lowest BCUT2D eigenvalue weighted by Crippen LogP contribution is -2.41. The molecule has 0 bridgehead atoms. The van der Waals surface area contributed by atoms with Gasteiger partial charge in [-0.05, 0) is 74.2 Å². The number of piperidine rings is 2. The number of carbonyl (C=O) groups excluding carboxylic acids is 3. The first-order valence-corrected chi connectivity index (χ1v) is 27.1. The number of thiazole rings is 2. The molecule has 6 heterocycles. The van der Waals surface area contributed by atoms with Crippen molar-refractivity contribution in [3.8, 4) is 34.5 Å². The SMILES string of the molecule is COC(=O)c1ccc(NC(=O)C2CCCN(c3nc(Nc4ccc(OC)c(OC)c4)c4ncsc4n3)C2)cc1OC.COc1ccc(Nc2nc(N3CCCC(C(=O)Nc4ccc(C(=O)O)c(OC)c4)C3)nc3scnc23)cc1OC. The smallest absolute Gasteiger partial charge is 0.341 e. The lowest BCUT2D eigenvalue weighted by atomic mass is 9.97. The minimum absolute atomic E-state index is 0.0254. The van der Waals surface area contributed by atoms with Crippen molar-refractivity contribution in [2.75, 3.05) is 107 Å². The molecule has 5 N–H and O–H groups in total. The molecule has 2 fully saturated rings. The molecule has 10 rings (SSSR count). The summed E-state index contributed by atoms with van der Waals surface area (Å²) in [7, 11) is 10.5. The molecule has 0 spiro atoms. The fourth-order valence-electron chi connectivity index (χ4n) is 9.29. The van der Waals surface area contributed by atoms with Crippen molar-refractivity contribution in [3.05, 3.63) is 94.9 Å². The van der Waals surface area contributed by atoms with Crippen molar-refractivity contribution in [1.29, 1.82) is 0 Å². The number of hydrogen-bond acceptors (Lipinski definition) is 23. The Morgan fingerprint density at radius 3 is 1.35 bits per heavy atom. The van der Waals surface area contributed by atoms with Gasteiger partial charge in [0.15, 0.2) is 44.3 Å². The summed E-state index contributed by atoms with van der Waals surface area (Å²) in [5, 5.41) is 21.8. The average Bonchev–Trinajstić information content (AvgIpc) is 4.41. The van der Waals surface area contributed by atoms with Crippen LogP contribution in [0.15, 0.2) is 83.8 Å². The number of carboxylic acid groups (broad SMARTS) is 1. The van der Waals surface area contributed by atoms with Gasteiger partial charge in [0.1, 0.15) is 33.7 Å². The molecule has 4 aromatic carbocycles. The number of benzene rings is 4. The Bertz CT molecular complexity index is 3600. The van der Waals surface area contributed by atoms with Gasteiger partial charge in [0, 0.05) is 73.2 Å². The van der Waals surface area contributed by atoms with Gasteiger partial charge in [-0.15, -0.1) is 22.7 Å². The zero-order valence-corrected chi connectivity index (χ0v) is 46.9. The van der Waals surface area contributed by atoms with Crippen LogP contribution in [0.5, 0.6) is 34.5 Å². The van der Waals surface area contributed by atoms with Gasteiger partial charge >= 0.3 is 11.9 Å². The van der Waals surface area contributed by atoms with Gasteiger partial charge in [-0.25, -0.2) is 19.6 Å². The monoisotopic (exact) mass is 1140 g/mol. The van der Waals surface area contributed by atoms with Crippen LogP contribution in [0.25, 0.3) is 20.7 Å². The number of carbonyl (C=O) groups is 4. The van der Waals surface area contributed by atoms with Crippen LogP contribution in [0, 0.1) is 11.8 Å². The van der Waals surface area contributed by atoms with Crippen molar-refractivity contribution in [2.24, 2.45) is 11.8 Å². The highest BCUT2D eigenvalue weighted by atomic mass is 32.1. The van der Waals surface area contributed by atoms with Crippen LogP contribution in [0.4, 0.5) is 46.3 Å². The van der Waals surface area contributed by atoms with E-state index in [9.17, 15) is 24.3 Å². The van der Waals surface area contributed by atoms with Gasteiger partial charge in [0.25, 0.3) is 0 Å². The molecule has 81 heavy (non-hydrogen) atoms. The van der Waals surface area contributed by atoms with E-state index in [1.54, 1.807) is 69.8 Å². The van der Waals surface area contributed by atoms with E-state index in [1.165, 1.54) is 56.1 Å². The molecule has 2 saturated heterocycles. The molecule has 2 aliphatic rings. The van der Waals surface area contributed by atoms with Crippen molar-refractivity contribution in [3.63, 3.8) is 0 Å². The summed E-state index contributed by atoms with van der Waals surface area (Å²) in [6.45, 7) is 2.29. The molecular weight excluding hydrogens is 1080 g/mol. The molecule has 26 heteroatoms. The number of rotatable bonds is 18. The number of methoxy groups -OCH3 is 7. The molecule has 8 aromatic rings. The summed E-state index contributed by atoms with van der Waals surface area (Å²) in [6, 6.07) is 20.3. The summed E-state index contributed by atoms with van der Waals surface area (Å²) < 4.78 is 36.8. The van der Waals surface area contributed by atoms with Crippen LogP contribution in [0.2, 0.25) is 0 Å². The zero-order chi connectivity index (χ0) is 57.2. The predicted molar refractivity (Wildman–Crippen MR) is 307 cm³/mol. The van der Waals surface area contributed by atoms with E-state index in [4.69, 9.17) is 53.1 Å². The average molecular weight is 1140 g/mol. The van der Waals surface area contributed by atoms with E-state index in [-0.39, 0.29) is 40.5 Å². The lowest BCUT2D eigenvalue weighted by molar-refractivity contribution is -0.120. The quantitative estimate of drug-likeness (QED) is 0.0501. The number of nitrogens with one attached hydrogen (secondary N) is 4. The molecule has 2 amide bonds. The maximum atomic E-state index is 13.3. The molecule has 2 aliphatic heterocycles. The topological polar surface area (TPSA) is 285 Å². The maximum Gasteiger partial charge on any atom is 0.341 e. The Morgan fingerprint density at radius 2 is 0.926 bits per heavy atom. The first-order chi connectivity index (χ1) is 39.3. The Hall–Kier alpha value is -9.30.